The van der Waals surface area contributed by atoms with Crippen LogP contribution in [0.5, 0.6) is 0 Å². The predicted molar refractivity (Wildman–Crippen MR) is 29.4 cm³/mol. The summed E-state index contributed by atoms with van der Waals surface area (Å²) in [5, 5.41) is 8.24. The van der Waals surface area contributed by atoms with Crippen LogP contribution in [-0.4, -0.2) is 18.4 Å². The van der Waals surface area contributed by atoms with E-state index in [1.807, 2.05) is 0 Å². The van der Waals surface area contributed by atoms with E-state index in [0.29, 0.717) is 13.3 Å². The normalized spacial score (nSPS) is 8.50. The SMILES string of the molecule is CB(C)CCO. The molecule has 1 nitrogen and oxygen atoms in total. The Morgan fingerprint density at radius 3 is 2.00 bits per heavy atom. The van der Waals surface area contributed by atoms with Crippen LogP contribution in [-0.2, 0) is 0 Å². The molecule has 6 heavy (non-hydrogen) atoms. The van der Waals surface area contributed by atoms with E-state index in [9.17, 15) is 0 Å². The van der Waals surface area contributed by atoms with Crippen molar-refractivity contribution in [3.8, 4) is 0 Å². The minimum atomic E-state index is 0.331. The van der Waals surface area contributed by atoms with Gasteiger partial charge < -0.3 is 5.11 Å². The average Bonchev–Trinajstić information content (AvgIpc) is 1.35. The molecule has 0 fully saturated rings. The van der Waals surface area contributed by atoms with Gasteiger partial charge in [-0.05, 0) is 0 Å². The molecule has 0 atom stereocenters. The first-order valence-electron chi connectivity index (χ1n) is 2.38. The third kappa shape index (κ3) is 4.02. The van der Waals surface area contributed by atoms with Gasteiger partial charge in [0.05, 0.1) is 0 Å². The number of hydrogen-bond donors (Lipinski definition) is 1. The predicted octanol–water partition coefficient (Wildman–Crippen LogP) is 0.733. The van der Waals surface area contributed by atoms with E-state index in [0.717, 1.165) is 6.32 Å². The zero-order valence-corrected chi connectivity index (χ0v) is 4.44. The molecule has 0 aliphatic rings. The van der Waals surface area contributed by atoms with Crippen LogP contribution in [0.3, 0.4) is 0 Å². The number of rotatable bonds is 2. The van der Waals surface area contributed by atoms with Crippen LogP contribution in [0.2, 0.25) is 20.0 Å². The molecule has 0 heterocycles. The summed E-state index contributed by atoms with van der Waals surface area (Å²) in [6.45, 7) is 5.17. The Morgan fingerprint density at radius 2 is 2.00 bits per heavy atom. The zero-order chi connectivity index (χ0) is 4.99. The molecule has 0 aliphatic heterocycles. The first-order chi connectivity index (χ1) is 2.77. The van der Waals surface area contributed by atoms with E-state index in [2.05, 4.69) is 13.6 Å². The van der Waals surface area contributed by atoms with Gasteiger partial charge in [-0.1, -0.05) is 20.0 Å². The van der Waals surface area contributed by atoms with E-state index >= 15 is 0 Å². The molecule has 0 aromatic heterocycles. The van der Waals surface area contributed by atoms with Crippen LogP contribution in [0, 0.1) is 0 Å². The van der Waals surface area contributed by atoms with Gasteiger partial charge in [-0.3, -0.25) is 0 Å². The standard InChI is InChI=1S/C4H11BO/c1-5(2)3-4-6/h6H,3-4H2,1-2H3. The molecule has 0 saturated heterocycles. The van der Waals surface area contributed by atoms with Gasteiger partial charge in [0.15, 0.2) is 0 Å². The van der Waals surface area contributed by atoms with Crippen LogP contribution in [0.25, 0.3) is 0 Å². The van der Waals surface area contributed by atoms with Crippen molar-refractivity contribution in [2.45, 2.75) is 20.0 Å². The molecule has 0 aromatic rings. The molecule has 0 rings (SSSR count). The maximum absolute atomic E-state index is 8.24. The largest absolute Gasteiger partial charge is 0.397 e. The summed E-state index contributed by atoms with van der Waals surface area (Å²) in [4.78, 5) is 0. The Bertz CT molecular complexity index is 28.7. The molecule has 0 unspecified atom stereocenters. The zero-order valence-electron chi connectivity index (χ0n) is 4.44. The molecular formula is C4H11BO. The Labute approximate surface area is 39.5 Å². The molecule has 0 aliphatic carbocycles. The lowest BCUT2D eigenvalue weighted by Crippen LogP contribution is -2.00. The smallest absolute Gasteiger partial charge is 0.136 e. The number of aliphatic hydroxyl groups is 1. The molecule has 2 heteroatoms. The lowest BCUT2D eigenvalue weighted by atomic mass is 9.52. The summed E-state index contributed by atoms with van der Waals surface area (Å²) in [6, 6.07) is 0. The summed E-state index contributed by atoms with van der Waals surface area (Å²) < 4.78 is 0. The highest BCUT2D eigenvalue weighted by Gasteiger charge is 1.92. The summed E-state index contributed by atoms with van der Waals surface area (Å²) in [5.74, 6) is 0. The molecule has 0 radical (unpaired) electrons. The average molecular weight is 85.9 g/mol. The van der Waals surface area contributed by atoms with Crippen molar-refractivity contribution < 1.29 is 5.11 Å². The fourth-order valence-corrected chi connectivity index (χ4v) is 0.258. The summed E-state index contributed by atoms with van der Waals surface area (Å²) >= 11 is 0. The molecule has 0 amide bonds. The molecule has 1 N–H and O–H groups in total. The van der Waals surface area contributed by atoms with Crippen molar-refractivity contribution in [3.05, 3.63) is 0 Å². The molecular weight excluding hydrogens is 74.9 g/mol. The van der Waals surface area contributed by atoms with E-state index in [1.165, 1.54) is 0 Å². The van der Waals surface area contributed by atoms with Gasteiger partial charge in [-0.25, -0.2) is 0 Å². The van der Waals surface area contributed by atoms with Crippen molar-refractivity contribution in [2.75, 3.05) is 6.61 Å². The highest BCUT2D eigenvalue weighted by atomic mass is 16.2. The first kappa shape index (κ1) is 6.02. The Kier molecular flexibility index (Phi) is 3.24. The lowest BCUT2D eigenvalue weighted by molar-refractivity contribution is 0.317. The second-order valence-electron chi connectivity index (χ2n) is 1.91. The Hall–Kier alpha value is 0.0249. The van der Waals surface area contributed by atoms with Gasteiger partial charge in [0, 0.05) is 6.61 Å². The maximum atomic E-state index is 8.24. The number of aliphatic hydroxyl groups excluding tert-OH is 1. The van der Waals surface area contributed by atoms with E-state index in [4.69, 9.17) is 5.11 Å². The highest BCUT2D eigenvalue weighted by molar-refractivity contribution is 6.55. The highest BCUT2D eigenvalue weighted by Crippen LogP contribution is 1.85. The van der Waals surface area contributed by atoms with Crippen molar-refractivity contribution in [1.82, 2.24) is 0 Å². The second kappa shape index (κ2) is 3.22. The molecule has 0 aromatic carbocycles. The monoisotopic (exact) mass is 86.1 g/mol. The molecule has 36 valence electrons. The fraction of sp³-hybridized carbons (Fsp3) is 1.00. The van der Waals surface area contributed by atoms with Crippen LogP contribution in [0.1, 0.15) is 0 Å². The van der Waals surface area contributed by atoms with Crippen LogP contribution < -0.4 is 0 Å². The maximum Gasteiger partial charge on any atom is 0.136 e. The quantitative estimate of drug-likeness (QED) is 0.491. The van der Waals surface area contributed by atoms with Gasteiger partial charge in [-0.2, -0.15) is 0 Å². The van der Waals surface area contributed by atoms with Crippen molar-refractivity contribution in [3.63, 3.8) is 0 Å². The second-order valence-corrected chi connectivity index (χ2v) is 1.91. The van der Waals surface area contributed by atoms with E-state index < -0.39 is 0 Å². The third-order valence-electron chi connectivity index (χ3n) is 0.706. The lowest BCUT2D eigenvalue weighted by Gasteiger charge is -1.90. The summed E-state index contributed by atoms with van der Waals surface area (Å²) in [6.07, 6.45) is 0.931. The summed E-state index contributed by atoms with van der Waals surface area (Å²) in [7, 11) is 0. The van der Waals surface area contributed by atoms with Gasteiger partial charge >= 0.3 is 0 Å². The Morgan fingerprint density at radius 1 is 1.50 bits per heavy atom. The molecule has 0 spiro atoms. The minimum absolute atomic E-state index is 0.331. The van der Waals surface area contributed by atoms with Gasteiger partial charge in [-0.15, -0.1) is 0 Å². The molecule has 0 bridgehead atoms. The molecule has 0 saturated carbocycles. The van der Waals surface area contributed by atoms with Crippen molar-refractivity contribution in [1.29, 1.82) is 0 Å². The van der Waals surface area contributed by atoms with Crippen LogP contribution in [0.15, 0.2) is 0 Å². The number of hydrogen-bond acceptors (Lipinski definition) is 1. The van der Waals surface area contributed by atoms with Crippen LogP contribution >= 0.6 is 0 Å². The topological polar surface area (TPSA) is 20.2 Å². The Balaban J connectivity index is 2.63. The van der Waals surface area contributed by atoms with Crippen LogP contribution in [0.4, 0.5) is 0 Å². The first-order valence-corrected chi connectivity index (χ1v) is 2.38. The van der Waals surface area contributed by atoms with Crippen molar-refractivity contribution >= 4 is 6.71 Å². The van der Waals surface area contributed by atoms with Gasteiger partial charge in [0.1, 0.15) is 6.71 Å². The third-order valence-corrected chi connectivity index (χ3v) is 0.706. The van der Waals surface area contributed by atoms with Crippen molar-refractivity contribution in [2.24, 2.45) is 0 Å². The minimum Gasteiger partial charge on any atom is -0.397 e. The van der Waals surface area contributed by atoms with E-state index in [-0.39, 0.29) is 0 Å². The van der Waals surface area contributed by atoms with Gasteiger partial charge in [0.25, 0.3) is 0 Å². The van der Waals surface area contributed by atoms with E-state index in [1.54, 1.807) is 0 Å². The van der Waals surface area contributed by atoms with Gasteiger partial charge in [0.2, 0.25) is 0 Å². The fourth-order valence-electron chi connectivity index (χ4n) is 0.258. The summed E-state index contributed by atoms with van der Waals surface area (Å²) in [5.41, 5.74) is 0.